The van der Waals surface area contributed by atoms with E-state index in [0.29, 0.717) is 35.3 Å². The molecule has 7 heteroatoms. The normalized spacial score (nSPS) is 17.9. The summed E-state index contributed by atoms with van der Waals surface area (Å²) in [7, 11) is 0. The van der Waals surface area contributed by atoms with Gasteiger partial charge in [0, 0.05) is 18.1 Å². The number of carbonyl (C=O) groups is 1. The minimum absolute atomic E-state index is 0.0113. The fourth-order valence-corrected chi connectivity index (χ4v) is 2.27. The number of hydrogen-bond acceptors (Lipinski definition) is 5. The number of benzene rings is 1. The number of rotatable bonds is 4. The second-order valence-electron chi connectivity index (χ2n) is 4.63. The molecule has 0 spiro atoms. The molecule has 2 heterocycles. The lowest BCUT2D eigenvalue weighted by Gasteiger charge is -2.13. The number of carboxylic acid groups (broad SMARTS) is 1. The Bertz CT molecular complexity index is 663. The molecular weight excluding hydrogens is 298 g/mol. The van der Waals surface area contributed by atoms with Crippen molar-refractivity contribution in [2.75, 3.05) is 13.2 Å². The highest BCUT2D eigenvalue weighted by atomic mass is 35.5. The maximum Gasteiger partial charge on any atom is 0.358 e. The fraction of sp³-hybridized carbons (Fsp3) is 0.286. The molecule has 1 aliphatic rings. The van der Waals surface area contributed by atoms with E-state index in [0.717, 1.165) is 6.42 Å². The molecule has 1 aromatic carbocycles. The predicted molar refractivity (Wildman–Crippen MR) is 73.8 cm³/mol. The molecule has 1 N–H and O–H groups in total. The second-order valence-corrected chi connectivity index (χ2v) is 5.04. The zero-order chi connectivity index (χ0) is 14.8. The van der Waals surface area contributed by atoms with Crippen molar-refractivity contribution in [3.8, 4) is 17.1 Å². The van der Waals surface area contributed by atoms with Gasteiger partial charge in [-0.25, -0.2) is 4.79 Å². The third-order valence-electron chi connectivity index (χ3n) is 3.13. The molecule has 6 nitrogen and oxygen atoms in total. The quantitative estimate of drug-likeness (QED) is 0.935. The van der Waals surface area contributed by atoms with Gasteiger partial charge in [0.15, 0.2) is 11.5 Å². The SMILES string of the molecule is O=C(O)c1cc(-c2ccc(OC3CCOC3)c(Cl)c2)on1. The van der Waals surface area contributed by atoms with Crippen LogP contribution >= 0.6 is 11.6 Å². The summed E-state index contributed by atoms with van der Waals surface area (Å²) in [6.07, 6.45) is 0.847. The van der Waals surface area contributed by atoms with Crippen molar-refractivity contribution in [3.05, 3.63) is 35.0 Å². The van der Waals surface area contributed by atoms with Crippen molar-refractivity contribution in [1.82, 2.24) is 5.16 Å². The Balaban J connectivity index is 1.80. The third-order valence-corrected chi connectivity index (χ3v) is 3.42. The summed E-state index contributed by atoms with van der Waals surface area (Å²) in [6.45, 7) is 1.25. The van der Waals surface area contributed by atoms with Crippen LogP contribution in [0.1, 0.15) is 16.9 Å². The summed E-state index contributed by atoms with van der Waals surface area (Å²) >= 11 is 6.18. The van der Waals surface area contributed by atoms with Gasteiger partial charge >= 0.3 is 5.97 Å². The molecule has 3 rings (SSSR count). The Hall–Kier alpha value is -2.05. The summed E-state index contributed by atoms with van der Waals surface area (Å²) < 4.78 is 16.0. The molecule has 0 amide bonds. The summed E-state index contributed by atoms with van der Waals surface area (Å²) in [4.78, 5) is 10.8. The van der Waals surface area contributed by atoms with E-state index in [2.05, 4.69) is 5.16 Å². The van der Waals surface area contributed by atoms with Gasteiger partial charge in [0.1, 0.15) is 11.9 Å². The van der Waals surface area contributed by atoms with Crippen LogP contribution in [0, 0.1) is 0 Å². The van der Waals surface area contributed by atoms with Gasteiger partial charge in [-0.05, 0) is 18.2 Å². The van der Waals surface area contributed by atoms with Crippen molar-refractivity contribution in [1.29, 1.82) is 0 Å². The van der Waals surface area contributed by atoms with E-state index in [4.69, 9.17) is 30.7 Å². The van der Waals surface area contributed by atoms with Gasteiger partial charge in [-0.1, -0.05) is 16.8 Å². The zero-order valence-corrected chi connectivity index (χ0v) is 11.7. The van der Waals surface area contributed by atoms with Crippen LogP contribution in [-0.2, 0) is 4.74 Å². The molecule has 1 aromatic heterocycles. The molecule has 21 heavy (non-hydrogen) atoms. The first kappa shape index (κ1) is 13.9. The van der Waals surface area contributed by atoms with Crippen LogP contribution in [0.4, 0.5) is 0 Å². The highest BCUT2D eigenvalue weighted by molar-refractivity contribution is 6.32. The first-order valence-electron chi connectivity index (χ1n) is 6.38. The van der Waals surface area contributed by atoms with Crippen molar-refractivity contribution in [3.63, 3.8) is 0 Å². The minimum Gasteiger partial charge on any atom is -0.486 e. The van der Waals surface area contributed by atoms with E-state index >= 15 is 0 Å². The Morgan fingerprint density at radius 1 is 1.43 bits per heavy atom. The molecular formula is C14H12ClNO5. The Morgan fingerprint density at radius 3 is 2.90 bits per heavy atom. The number of hydrogen-bond donors (Lipinski definition) is 1. The standard InChI is InChI=1S/C14H12ClNO5/c15-10-5-8(13-6-11(14(17)18)16-21-13)1-2-12(10)20-9-3-4-19-7-9/h1-2,5-6,9H,3-4,7H2,(H,17,18). The molecule has 1 unspecified atom stereocenters. The van der Waals surface area contributed by atoms with Crippen molar-refractivity contribution >= 4 is 17.6 Å². The molecule has 0 saturated carbocycles. The molecule has 2 aromatic rings. The predicted octanol–water partition coefficient (Wildman–Crippen LogP) is 2.86. The molecule has 1 saturated heterocycles. The first-order chi connectivity index (χ1) is 10.1. The fourth-order valence-electron chi connectivity index (χ4n) is 2.05. The highest BCUT2D eigenvalue weighted by Gasteiger charge is 2.19. The van der Waals surface area contributed by atoms with Gasteiger partial charge in [-0.15, -0.1) is 0 Å². The Morgan fingerprint density at radius 2 is 2.29 bits per heavy atom. The highest BCUT2D eigenvalue weighted by Crippen LogP contribution is 2.32. The van der Waals surface area contributed by atoms with Crippen LogP contribution in [0.15, 0.2) is 28.8 Å². The van der Waals surface area contributed by atoms with E-state index in [1.165, 1.54) is 6.07 Å². The number of nitrogens with zero attached hydrogens (tertiary/aromatic N) is 1. The Kier molecular flexibility index (Phi) is 3.81. The monoisotopic (exact) mass is 309 g/mol. The van der Waals surface area contributed by atoms with E-state index in [1.807, 2.05) is 0 Å². The number of ether oxygens (including phenoxy) is 2. The average molecular weight is 310 g/mol. The van der Waals surface area contributed by atoms with Crippen LogP contribution in [0.2, 0.25) is 5.02 Å². The smallest absolute Gasteiger partial charge is 0.358 e. The van der Waals surface area contributed by atoms with Gasteiger partial charge in [0.25, 0.3) is 0 Å². The van der Waals surface area contributed by atoms with Crippen molar-refractivity contribution < 1.29 is 23.9 Å². The number of aromatic nitrogens is 1. The van der Waals surface area contributed by atoms with E-state index < -0.39 is 5.97 Å². The van der Waals surface area contributed by atoms with E-state index in [1.54, 1.807) is 18.2 Å². The average Bonchev–Trinajstić information content (AvgIpc) is 3.12. The van der Waals surface area contributed by atoms with Gasteiger partial charge in [-0.3, -0.25) is 0 Å². The lowest BCUT2D eigenvalue weighted by Crippen LogP contribution is -2.15. The summed E-state index contributed by atoms with van der Waals surface area (Å²) in [5.74, 6) is -0.240. The Labute approximate surface area is 125 Å². The molecule has 0 aliphatic carbocycles. The number of aromatic carboxylic acids is 1. The third kappa shape index (κ3) is 3.01. The maximum atomic E-state index is 10.8. The van der Waals surface area contributed by atoms with Crippen LogP contribution in [0.5, 0.6) is 5.75 Å². The maximum absolute atomic E-state index is 10.8. The van der Waals surface area contributed by atoms with Crippen LogP contribution in [0.25, 0.3) is 11.3 Å². The van der Waals surface area contributed by atoms with Gasteiger partial charge in [-0.2, -0.15) is 0 Å². The summed E-state index contributed by atoms with van der Waals surface area (Å²) in [5.41, 5.74) is 0.486. The largest absolute Gasteiger partial charge is 0.486 e. The molecule has 0 bridgehead atoms. The molecule has 1 aliphatic heterocycles. The topological polar surface area (TPSA) is 81.8 Å². The second kappa shape index (κ2) is 5.75. The number of carboxylic acids is 1. The van der Waals surface area contributed by atoms with Crippen molar-refractivity contribution in [2.45, 2.75) is 12.5 Å². The lowest BCUT2D eigenvalue weighted by atomic mass is 10.1. The van der Waals surface area contributed by atoms with Gasteiger partial charge in [0.2, 0.25) is 0 Å². The minimum atomic E-state index is -1.14. The molecule has 1 atom stereocenters. The number of halogens is 1. The van der Waals surface area contributed by atoms with E-state index in [9.17, 15) is 4.79 Å². The summed E-state index contributed by atoms with van der Waals surface area (Å²) in [5, 5.41) is 12.7. The van der Waals surface area contributed by atoms with Crippen molar-refractivity contribution in [2.24, 2.45) is 0 Å². The molecule has 110 valence electrons. The molecule has 0 radical (unpaired) electrons. The lowest BCUT2D eigenvalue weighted by molar-refractivity contribution is 0.0686. The van der Waals surface area contributed by atoms with E-state index in [-0.39, 0.29) is 11.8 Å². The van der Waals surface area contributed by atoms with Crippen LogP contribution < -0.4 is 4.74 Å². The molecule has 1 fully saturated rings. The van der Waals surface area contributed by atoms with Crippen LogP contribution in [0.3, 0.4) is 0 Å². The van der Waals surface area contributed by atoms with Crippen LogP contribution in [-0.4, -0.2) is 35.6 Å². The van der Waals surface area contributed by atoms with Gasteiger partial charge < -0.3 is 19.1 Å². The summed E-state index contributed by atoms with van der Waals surface area (Å²) in [6, 6.07) is 6.46. The first-order valence-corrected chi connectivity index (χ1v) is 6.75. The zero-order valence-electron chi connectivity index (χ0n) is 10.9. The van der Waals surface area contributed by atoms with Gasteiger partial charge in [0.05, 0.1) is 18.2 Å².